The molecular weight excluding hydrogens is 338 g/mol. The van der Waals surface area contributed by atoms with Gasteiger partial charge < -0.3 is 15.8 Å². The molecule has 26 heavy (non-hydrogen) atoms. The van der Waals surface area contributed by atoms with Crippen LogP contribution in [-0.4, -0.2) is 16.1 Å². The van der Waals surface area contributed by atoms with Gasteiger partial charge in [-0.25, -0.2) is 18.7 Å². The highest BCUT2D eigenvalue weighted by Crippen LogP contribution is 2.34. The predicted molar refractivity (Wildman–Crippen MR) is 96.5 cm³/mol. The standard InChI is InChI=1S/C19H18F2N4O/c20-11-5-6-15(17(7-11)26-13-3-1-2-4-13)25-19-18-14(21)8-12(22)9-16(18)23-10-24-19/h5-10,13H,1-4,22H2,(H,23,24,25). The minimum Gasteiger partial charge on any atom is -0.488 e. The molecule has 0 unspecified atom stereocenters. The number of ether oxygens (including phenoxy) is 1. The Labute approximate surface area is 149 Å². The average Bonchev–Trinajstić information content (AvgIpc) is 3.10. The van der Waals surface area contributed by atoms with Gasteiger partial charge in [-0.1, -0.05) is 0 Å². The van der Waals surface area contributed by atoms with Crippen molar-refractivity contribution in [3.05, 3.63) is 48.3 Å². The number of nitrogen functional groups attached to an aromatic ring is 1. The maximum Gasteiger partial charge on any atom is 0.146 e. The Balaban J connectivity index is 1.72. The molecule has 1 saturated carbocycles. The lowest BCUT2D eigenvalue weighted by molar-refractivity contribution is 0.210. The third-order valence-electron chi connectivity index (χ3n) is 4.50. The summed E-state index contributed by atoms with van der Waals surface area (Å²) in [6.07, 6.45) is 5.49. The minimum absolute atomic E-state index is 0.0658. The first kappa shape index (κ1) is 16.5. The van der Waals surface area contributed by atoms with Crippen molar-refractivity contribution in [3.63, 3.8) is 0 Å². The molecule has 3 aromatic rings. The summed E-state index contributed by atoms with van der Waals surface area (Å²) in [5, 5.41) is 3.27. The number of rotatable bonds is 4. The Hall–Kier alpha value is -2.96. The summed E-state index contributed by atoms with van der Waals surface area (Å²) >= 11 is 0. The van der Waals surface area contributed by atoms with E-state index in [1.165, 1.54) is 24.5 Å². The zero-order valence-electron chi connectivity index (χ0n) is 14.0. The number of halogens is 2. The van der Waals surface area contributed by atoms with Crippen LogP contribution in [0.2, 0.25) is 0 Å². The molecule has 1 aliphatic carbocycles. The highest BCUT2D eigenvalue weighted by Gasteiger charge is 2.19. The van der Waals surface area contributed by atoms with Crippen LogP contribution < -0.4 is 15.8 Å². The van der Waals surface area contributed by atoms with Crippen LogP contribution in [-0.2, 0) is 0 Å². The summed E-state index contributed by atoms with van der Waals surface area (Å²) in [5.41, 5.74) is 6.87. The van der Waals surface area contributed by atoms with Gasteiger partial charge in [-0.2, -0.15) is 0 Å². The highest BCUT2D eigenvalue weighted by atomic mass is 19.1. The molecule has 1 aliphatic rings. The van der Waals surface area contributed by atoms with Gasteiger partial charge in [-0.15, -0.1) is 0 Å². The van der Waals surface area contributed by atoms with Gasteiger partial charge in [-0.3, -0.25) is 0 Å². The van der Waals surface area contributed by atoms with Gasteiger partial charge in [0, 0.05) is 11.8 Å². The summed E-state index contributed by atoms with van der Waals surface area (Å²) in [4.78, 5) is 8.20. The van der Waals surface area contributed by atoms with Gasteiger partial charge in [0.05, 0.1) is 22.7 Å². The van der Waals surface area contributed by atoms with Crippen molar-refractivity contribution in [1.29, 1.82) is 0 Å². The predicted octanol–water partition coefficient (Wildman–Crippen LogP) is 4.56. The zero-order valence-corrected chi connectivity index (χ0v) is 14.0. The first-order chi connectivity index (χ1) is 12.6. The number of anilines is 3. The molecule has 0 amide bonds. The molecule has 1 heterocycles. The second-order valence-corrected chi connectivity index (χ2v) is 6.41. The van der Waals surface area contributed by atoms with Crippen molar-refractivity contribution in [2.75, 3.05) is 11.1 Å². The first-order valence-corrected chi connectivity index (χ1v) is 8.53. The lowest BCUT2D eigenvalue weighted by Gasteiger charge is -2.18. The fourth-order valence-electron chi connectivity index (χ4n) is 3.27. The Kier molecular flexibility index (Phi) is 4.28. The maximum atomic E-state index is 14.4. The quantitative estimate of drug-likeness (QED) is 0.671. The monoisotopic (exact) mass is 356 g/mol. The molecule has 2 aromatic carbocycles. The van der Waals surface area contributed by atoms with Crippen molar-refractivity contribution < 1.29 is 13.5 Å². The second-order valence-electron chi connectivity index (χ2n) is 6.41. The number of nitrogens with zero attached hydrogens (tertiary/aromatic N) is 2. The molecule has 0 spiro atoms. The molecule has 0 atom stereocenters. The summed E-state index contributed by atoms with van der Waals surface area (Å²) in [6.45, 7) is 0. The van der Waals surface area contributed by atoms with Gasteiger partial charge in [0.1, 0.15) is 29.5 Å². The smallest absolute Gasteiger partial charge is 0.146 e. The van der Waals surface area contributed by atoms with Gasteiger partial charge in [0.2, 0.25) is 0 Å². The van der Waals surface area contributed by atoms with E-state index in [0.717, 1.165) is 25.7 Å². The third kappa shape index (κ3) is 3.24. The van der Waals surface area contributed by atoms with Gasteiger partial charge in [0.25, 0.3) is 0 Å². The number of hydrogen-bond donors (Lipinski definition) is 2. The van der Waals surface area contributed by atoms with Crippen molar-refractivity contribution in [1.82, 2.24) is 9.97 Å². The molecule has 0 radical (unpaired) electrons. The molecule has 7 heteroatoms. The Morgan fingerprint density at radius 2 is 1.88 bits per heavy atom. The number of aromatic nitrogens is 2. The van der Waals surface area contributed by atoms with Crippen LogP contribution in [0.25, 0.3) is 10.9 Å². The fourth-order valence-corrected chi connectivity index (χ4v) is 3.27. The lowest BCUT2D eigenvalue weighted by atomic mass is 10.2. The third-order valence-corrected chi connectivity index (χ3v) is 4.50. The molecule has 1 aromatic heterocycles. The number of nitrogens with two attached hydrogens (primary N) is 1. The molecule has 3 N–H and O–H groups in total. The van der Waals surface area contributed by atoms with E-state index in [0.29, 0.717) is 17.0 Å². The van der Waals surface area contributed by atoms with Crippen molar-refractivity contribution in [2.45, 2.75) is 31.8 Å². The van der Waals surface area contributed by atoms with Crippen LogP contribution in [0.15, 0.2) is 36.7 Å². The van der Waals surface area contributed by atoms with Gasteiger partial charge in [-0.05, 0) is 49.9 Å². The average molecular weight is 356 g/mol. The second kappa shape index (κ2) is 6.74. The van der Waals surface area contributed by atoms with Crippen molar-refractivity contribution in [2.24, 2.45) is 0 Å². The van der Waals surface area contributed by atoms with E-state index in [2.05, 4.69) is 15.3 Å². The molecule has 0 aliphatic heterocycles. The normalized spacial score (nSPS) is 14.7. The van der Waals surface area contributed by atoms with Crippen LogP contribution in [0.3, 0.4) is 0 Å². The molecule has 134 valence electrons. The number of nitrogens with one attached hydrogen (secondary N) is 1. The molecular formula is C19H18F2N4O. The van der Waals surface area contributed by atoms with Gasteiger partial charge in [0.15, 0.2) is 0 Å². The Morgan fingerprint density at radius 1 is 1.08 bits per heavy atom. The van der Waals surface area contributed by atoms with Crippen LogP contribution >= 0.6 is 0 Å². The fraction of sp³-hybridized carbons (Fsp3) is 0.263. The lowest BCUT2D eigenvalue weighted by Crippen LogP contribution is -2.12. The summed E-state index contributed by atoms with van der Waals surface area (Å²) < 4.78 is 34.1. The summed E-state index contributed by atoms with van der Waals surface area (Å²) in [6, 6.07) is 7.01. The highest BCUT2D eigenvalue weighted by molar-refractivity contribution is 5.93. The van der Waals surface area contributed by atoms with E-state index < -0.39 is 11.6 Å². The number of fused-ring (bicyclic) bond motifs is 1. The van der Waals surface area contributed by atoms with Gasteiger partial charge >= 0.3 is 0 Å². The maximum absolute atomic E-state index is 14.4. The topological polar surface area (TPSA) is 73.1 Å². The minimum atomic E-state index is -0.525. The van der Waals surface area contributed by atoms with E-state index in [4.69, 9.17) is 10.5 Å². The Bertz CT molecular complexity index is 958. The van der Waals surface area contributed by atoms with E-state index in [1.807, 2.05) is 0 Å². The first-order valence-electron chi connectivity index (χ1n) is 8.53. The number of hydrogen-bond acceptors (Lipinski definition) is 5. The van der Waals surface area contributed by atoms with E-state index in [-0.39, 0.29) is 23.0 Å². The van der Waals surface area contributed by atoms with Crippen LogP contribution in [0.4, 0.5) is 26.0 Å². The van der Waals surface area contributed by atoms with Crippen LogP contribution in [0, 0.1) is 11.6 Å². The van der Waals surface area contributed by atoms with E-state index in [1.54, 1.807) is 12.1 Å². The molecule has 0 bridgehead atoms. The summed E-state index contributed by atoms with van der Waals surface area (Å²) in [5.74, 6) is -0.256. The number of benzene rings is 2. The van der Waals surface area contributed by atoms with Crippen molar-refractivity contribution >= 4 is 28.1 Å². The SMILES string of the molecule is Nc1cc(F)c2c(Nc3ccc(F)cc3OC3CCCC3)ncnc2c1. The van der Waals surface area contributed by atoms with E-state index >= 15 is 0 Å². The Morgan fingerprint density at radius 3 is 2.69 bits per heavy atom. The molecule has 0 saturated heterocycles. The van der Waals surface area contributed by atoms with Crippen LogP contribution in [0.5, 0.6) is 5.75 Å². The molecule has 1 fully saturated rings. The van der Waals surface area contributed by atoms with Crippen LogP contribution in [0.1, 0.15) is 25.7 Å². The van der Waals surface area contributed by atoms with E-state index in [9.17, 15) is 8.78 Å². The summed E-state index contributed by atoms with van der Waals surface area (Å²) in [7, 11) is 0. The molecule has 5 nitrogen and oxygen atoms in total. The largest absolute Gasteiger partial charge is 0.488 e. The zero-order chi connectivity index (χ0) is 18.1. The van der Waals surface area contributed by atoms with Crippen molar-refractivity contribution in [3.8, 4) is 5.75 Å². The molecule has 4 rings (SSSR count).